The summed E-state index contributed by atoms with van der Waals surface area (Å²) in [5.74, 6) is -0.292. The predicted octanol–water partition coefficient (Wildman–Crippen LogP) is 2.76. The van der Waals surface area contributed by atoms with Crippen LogP contribution < -0.4 is 4.74 Å². The second kappa shape index (κ2) is 7.11. The van der Waals surface area contributed by atoms with Crippen molar-refractivity contribution in [3.8, 4) is 5.75 Å². The third-order valence-electron chi connectivity index (χ3n) is 2.69. The normalized spacial score (nSPS) is 12.2. The zero-order valence-corrected chi connectivity index (χ0v) is 11.0. The Bertz CT molecular complexity index is 404. The highest BCUT2D eigenvalue weighted by molar-refractivity contribution is 5.85. The molecule has 1 aromatic rings. The Morgan fingerprint density at radius 2 is 2.11 bits per heavy atom. The fourth-order valence-corrected chi connectivity index (χ4v) is 1.77. The van der Waals surface area contributed by atoms with Gasteiger partial charge in [-0.2, -0.15) is 0 Å². The molecule has 1 atom stereocenters. The van der Waals surface area contributed by atoms with Crippen LogP contribution in [0.15, 0.2) is 18.2 Å². The van der Waals surface area contributed by atoms with Gasteiger partial charge >= 0.3 is 0 Å². The van der Waals surface area contributed by atoms with Gasteiger partial charge < -0.3 is 9.47 Å². The Kier molecular flexibility index (Phi) is 5.78. The SMILES string of the molecule is CCOC(CC)C(=O)Cc1ccc(OC)c(F)c1. The molecule has 0 N–H and O–H groups in total. The summed E-state index contributed by atoms with van der Waals surface area (Å²) < 4.78 is 23.6. The molecule has 0 fully saturated rings. The van der Waals surface area contributed by atoms with Crippen molar-refractivity contribution >= 4 is 5.78 Å². The number of halogens is 1. The van der Waals surface area contributed by atoms with Crippen molar-refractivity contribution in [3.05, 3.63) is 29.6 Å². The third-order valence-corrected chi connectivity index (χ3v) is 2.69. The molecular formula is C14H19FO3. The number of rotatable bonds is 7. The van der Waals surface area contributed by atoms with Gasteiger partial charge in [-0.05, 0) is 31.0 Å². The Morgan fingerprint density at radius 1 is 1.39 bits per heavy atom. The molecule has 0 bridgehead atoms. The van der Waals surface area contributed by atoms with Crippen LogP contribution in [0.2, 0.25) is 0 Å². The van der Waals surface area contributed by atoms with E-state index in [0.717, 1.165) is 0 Å². The van der Waals surface area contributed by atoms with Crippen LogP contribution in [0, 0.1) is 5.82 Å². The minimum absolute atomic E-state index is 0.0242. The number of Topliss-reactive ketones (excluding diaryl/α,β-unsaturated/α-hetero) is 1. The third kappa shape index (κ3) is 3.81. The van der Waals surface area contributed by atoms with E-state index in [2.05, 4.69) is 0 Å². The van der Waals surface area contributed by atoms with E-state index in [9.17, 15) is 9.18 Å². The molecule has 0 saturated heterocycles. The van der Waals surface area contributed by atoms with E-state index >= 15 is 0 Å². The maximum atomic E-state index is 13.5. The molecule has 3 nitrogen and oxygen atoms in total. The highest BCUT2D eigenvalue weighted by Crippen LogP contribution is 2.18. The van der Waals surface area contributed by atoms with E-state index in [1.807, 2.05) is 13.8 Å². The molecule has 0 amide bonds. The number of ketones is 1. The molecule has 0 radical (unpaired) electrons. The largest absolute Gasteiger partial charge is 0.494 e. The lowest BCUT2D eigenvalue weighted by molar-refractivity contribution is -0.129. The number of hydrogen-bond acceptors (Lipinski definition) is 3. The minimum Gasteiger partial charge on any atom is -0.494 e. The van der Waals surface area contributed by atoms with E-state index in [-0.39, 0.29) is 18.0 Å². The average molecular weight is 254 g/mol. The van der Waals surface area contributed by atoms with E-state index < -0.39 is 11.9 Å². The van der Waals surface area contributed by atoms with Gasteiger partial charge in [-0.3, -0.25) is 4.79 Å². The van der Waals surface area contributed by atoms with Gasteiger partial charge in [-0.25, -0.2) is 4.39 Å². The maximum Gasteiger partial charge on any atom is 0.165 e. The zero-order valence-electron chi connectivity index (χ0n) is 11.0. The van der Waals surface area contributed by atoms with Gasteiger partial charge in [0.05, 0.1) is 7.11 Å². The van der Waals surface area contributed by atoms with Gasteiger partial charge in [-0.15, -0.1) is 0 Å². The molecule has 18 heavy (non-hydrogen) atoms. The van der Waals surface area contributed by atoms with Crippen molar-refractivity contribution in [2.24, 2.45) is 0 Å². The number of carbonyl (C=O) groups is 1. The van der Waals surface area contributed by atoms with Gasteiger partial charge in [0.2, 0.25) is 0 Å². The van der Waals surface area contributed by atoms with E-state index in [1.54, 1.807) is 6.07 Å². The first-order chi connectivity index (χ1) is 8.62. The van der Waals surface area contributed by atoms with Gasteiger partial charge in [0.25, 0.3) is 0 Å². The summed E-state index contributed by atoms with van der Waals surface area (Å²) in [6, 6.07) is 4.55. The topological polar surface area (TPSA) is 35.5 Å². The number of hydrogen-bond donors (Lipinski definition) is 0. The second-order valence-electron chi connectivity index (χ2n) is 3.96. The van der Waals surface area contributed by atoms with Crippen molar-refractivity contribution in [1.82, 2.24) is 0 Å². The van der Waals surface area contributed by atoms with Crippen LogP contribution in [-0.2, 0) is 16.0 Å². The summed E-state index contributed by atoms with van der Waals surface area (Å²) in [4.78, 5) is 11.9. The molecule has 0 aliphatic rings. The zero-order chi connectivity index (χ0) is 13.5. The Morgan fingerprint density at radius 3 is 2.61 bits per heavy atom. The summed E-state index contributed by atoms with van der Waals surface area (Å²) in [5, 5.41) is 0. The van der Waals surface area contributed by atoms with Gasteiger partial charge in [-0.1, -0.05) is 13.0 Å². The summed E-state index contributed by atoms with van der Waals surface area (Å²) >= 11 is 0. The first-order valence-electron chi connectivity index (χ1n) is 6.09. The van der Waals surface area contributed by atoms with Crippen LogP contribution in [0.5, 0.6) is 5.75 Å². The Balaban J connectivity index is 2.72. The van der Waals surface area contributed by atoms with E-state index in [1.165, 1.54) is 19.2 Å². The molecule has 1 rings (SSSR count). The van der Waals surface area contributed by atoms with Crippen LogP contribution in [0.1, 0.15) is 25.8 Å². The highest BCUT2D eigenvalue weighted by Gasteiger charge is 2.17. The van der Waals surface area contributed by atoms with Crippen molar-refractivity contribution in [3.63, 3.8) is 0 Å². The van der Waals surface area contributed by atoms with Crippen LogP contribution in [0.3, 0.4) is 0 Å². The quantitative estimate of drug-likeness (QED) is 0.750. The summed E-state index contributed by atoms with van der Waals surface area (Å²) in [7, 11) is 1.41. The van der Waals surface area contributed by atoms with Crippen molar-refractivity contribution in [1.29, 1.82) is 0 Å². The number of benzene rings is 1. The second-order valence-corrected chi connectivity index (χ2v) is 3.96. The van der Waals surface area contributed by atoms with Crippen LogP contribution in [0.4, 0.5) is 4.39 Å². The lowest BCUT2D eigenvalue weighted by atomic mass is 10.0. The molecule has 0 saturated carbocycles. The molecule has 0 spiro atoms. The van der Waals surface area contributed by atoms with E-state index in [4.69, 9.17) is 9.47 Å². The van der Waals surface area contributed by atoms with Crippen molar-refractivity contribution in [2.75, 3.05) is 13.7 Å². The molecule has 0 aliphatic heterocycles. The highest BCUT2D eigenvalue weighted by atomic mass is 19.1. The Hall–Kier alpha value is -1.42. The standard InChI is InChI=1S/C14H19FO3/c1-4-13(18-5-2)12(16)9-10-6-7-14(17-3)11(15)8-10/h6-8,13H,4-5,9H2,1-3H3. The molecule has 100 valence electrons. The molecule has 0 heterocycles. The van der Waals surface area contributed by atoms with Gasteiger partial charge in [0.15, 0.2) is 17.3 Å². The van der Waals surface area contributed by atoms with Crippen LogP contribution in [0.25, 0.3) is 0 Å². The van der Waals surface area contributed by atoms with Gasteiger partial charge in [0.1, 0.15) is 6.10 Å². The van der Waals surface area contributed by atoms with E-state index in [0.29, 0.717) is 18.6 Å². The molecule has 0 aliphatic carbocycles. The average Bonchev–Trinajstić information content (AvgIpc) is 2.36. The molecule has 0 aromatic heterocycles. The molecule has 4 heteroatoms. The Labute approximate surface area is 107 Å². The molecule has 1 unspecified atom stereocenters. The first-order valence-corrected chi connectivity index (χ1v) is 6.09. The summed E-state index contributed by atoms with van der Waals surface area (Å²) in [6.45, 7) is 4.25. The molecular weight excluding hydrogens is 235 g/mol. The maximum absolute atomic E-state index is 13.5. The predicted molar refractivity (Wildman–Crippen MR) is 67.4 cm³/mol. The lowest BCUT2D eigenvalue weighted by Crippen LogP contribution is -2.25. The van der Waals surface area contributed by atoms with Gasteiger partial charge in [0, 0.05) is 13.0 Å². The van der Waals surface area contributed by atoms with Crippen molar-refractivity contribution in [2.45, 2.75) is 32.8 Å². The monoisotopic (exact) mass is 254 g/mol. The first kappa shape index (κ1) is 14.6. The fourth-order valence-electron chi connectivity index (χ4n) is 1.77. The fraction of sp³-hybridized carbons (Fsp3) is 0.500. The molecule has 1 aromatic carbocycles. The lowest BCUT2D eigenvalue weighted by Gasteiger charge is -2.13. The summed E-state index contributed by atoms with van der Waals surface area (Å²) in [5.41, 5.74) is 0.636. The number of ether oxygens (including phenoxy) is 2. The van der Waals surface area contributed by atoms with Crippen LogP contribution >= 0.6 is 0 Å². The van der Waals surface area contributed by atoms with Crippen LogP contribution in [-0.4, -0.2) is 25.6 Å². The minimum atomic E-state index is -0.452. The smallest absolute Gasteiger partial charge is 0.165 e. The number of carbonyl (C=O) groups excluding carboxylic acids is 1. The van der Waals surface area contributed by atoms with Crippen molar-refractivity contribution < 1.29 is 18.7 Å². The number of methoxy groups -OCH3 is 1. The summed E-state index contributed by atoms with van der Waals surface area (Å²) in [6.07, 6.45) is 0.408.